The van der Waals surface area contributed by atoms with E-state index in [0.29, 0.717) is 18.0 Å². The lowest BCUT2D eigenvalue weighted by Gasteiger charge is -2.13. The van der Waals surface area contributed by atoms with Gasteiger partial charge in [0.1, 0.15) is 0 Å². The van der Waals surface area contributed by atoms with Gasteiger partial charge in [0.05, 0.1) is 27.8 Å². The number of alkyl halides is 3. The first kappa shape index (κ1) is 19.4. The smallest absolute Gasteiger partial charge is 0.375 e. The van der Waals surface area contributed by atoms with Crippen molar-refractivity contribution in [2.75, 3.05) is 5.73 Å². The third-order valence-electron chi connectivity index (χ3n) is 4.65. The molecule has 29 heavy (non-hydrogen) atoms. The van der Waals surface area contributed by atoms with Crippen LogP contribution >= 0.6 is 11.3 Å². The summed E-state index contributed by atoms with van der Waals surface area (Å²) in [7, 11) is 0. The van der Waals surface area contributed by atoms with Gasteiger partial charge < -0.3 is 11.5 Å². The molecule has 0 radical (unpaired) electrons. The molecular formula is C20H18F3N5S. The van der Waals surface area contributed by atoms with Gasteiger partial charge in [-0.25, -0.2) is 4.98 Å². The molecule has 0 aliphatic rings. The second kappa shape index (κ2) is 7.49. The van der Waals surface area contributed by atoms with Crippen LogP contribution in [0.1, 0.15) is 16.8 Å². The number of nitrogens with one attached hydrogen (secondary N) is 1. The van der Waals surface area contributed by atoms with Gasteiger partial charge in [0.2, 0.25) is 0 Å². The normalized spacial score (nSPS) is 13.1. The van der Waals surface area contributed by atoms with Crippen molar-refractivity contribution in [2.45, 2.75) is 25.1 Å². The zero-order chi connectivity index (χ0) is 20.6. The molecule has 150 valence electrons. The predicted molar refractivity (Wildman–Crippen MR) is 108 cm³/mol. The third-order valence-corrected chi connectivity index (χ3v) is 5.63. The highest BCUT2D eigenvalue weighted by atomic mass is 32.1. The number of halogens is 3. The maximum atomic E-state index is 12.7. The number of nitrogen functional groups attached to an aromatic ring is 1. The van der Waals surface area contributed by atoms with Gasteiger partial charge in [-0.3, -0.25) is 5.10 Å². The van der Waals surface area contributed by atoms with Gasteiger partial charge in [0, 0.05) is 17.8 Å². The molecule has 0 aliphatic carbocycles. The molecule has 0 amide bonds. The molecule has 0 fully saturated rings. The topological polar surface area (TPSA) is 93.6 Å². The fraction of sp³-hybridized carbons (Fsp3) is 0.200. The maximum absolute atomic E-state index is 12.7. The van der Waals surface area contributed by atoms with Gasteiger partial charge >= 0.3 is 6.18 Å². The molecule has 4 rings (SSSR count). The van der Waals surface area contributed by atoms with Crippen LogP contribution in [0.5, 0.6) is 0 Å². The van der Waals surface area contributed by atoms with Crippen LogP contribution in [-0.4, -0.2) is 21.2 Å². The minimum absolute atomic E-state index is 0.303. The van der Waals surface area contributed by atoms with Crippen molar-refractivity contribution < 1.29 is 13.2 Å². The molecule has 0 saturated carbocycles. The van der Waals surface area contributed by atoms with Crippen molar-refractivity contribution in [2.24, 2.45) is 5.73 Å². The van der Waals surface area contributed by atoms with Gasteiger partial charge in [-0.1, -0.05) is 35.6 Å². The molecule has 9 heteroatoms. The zero-order valence-corrected chi connectivity index (χ0v) is 16.0. The summed E-state index contributed by atoms with van der Waals surface area (Å²) in [6, 6.07) is 10.7. The summed E-state index contributed by atoms with van der Waals surface area (Å²) < 4.78 is 38.1. The molecule has 2 aromatic heterocycles. The summed E-state index contributed by atoms with van der Waals surface area (Å²) in [5, 5.41) is 8.42. The molecule has 0 saturated heterocycles. The number of H-pyrrole nitrogens is 1. The van der Waals surface area contributed by atoms with E-state index in [1.165, 1.54) is 23.5 Å². The van der Waals surface area contributed by atoms with Crippen LogP contribution in [0.15, 0.2) is 48.7 Å². The van der Waals surface area contributed by atoms with E-state index in [9.17, 15) is 13.2 Å². The van der Waals surface area contributed by atoms with Crippen molar-refractivity contribution in [3.05, 3.63) is 65.5 Å². The fourth-order valence-corrected chi connectivity index (χ4v) is 4.12. The average molecular weight is 417 g/mol. The van der Waals surface area contributed by atoms with Gasteiger partial charge in [0.15, 0.2) is 5.13 Å². The van der Waals surface area contributed by atoms with Crippen molar-refractivity contribution in [3.8, 4) is 10.4 Å². The lowest BCUT2D eigenvalue weighted by molar-refractivity contribution is -0.137. The van der Waals surface area contributed by atoms with Crippen LogP contribution in [-0.2, 0) is 19.0 Å². The number of nitrogens with zero attached hydrogens (tertiary/aromatic N) is 2. The second-order valence-electron chi connectivity index (χ2n) is 6.86. The first-order valence-electron chi connectivity index (χ1n) is 8.90. The Labute approximate surface area is 168 Å². The Balaban J connectivity index is 1.52. The largest absolute Gasteiger partial charge is 0.416 e. The Bertz CT molecular complexity index is 1130. The third kappa shape index (κ3) is 4.25. The standard InChI is InChI=1S/C20H18F3N5S/c21-20(22,23)14-5-1-11(2-6-14)7-15(24)9-17-18(29-19(25)27-17)12-3-4-13-10-26-28-16(13)8-12/h1-6,8,10,15H,7,9,24H2,(H2,25,27)(H,26,28)/t15-/m0/s1. The van der Waals surface area contributed by atoms with Crippen LogP contribution in [0.4, 0.5) is 18.3 Å². The highest BCUT2D eigenvalue weighted by molar-refractivity contribution is 7.18. The van der Waals surface area contributed by atoms with Crippen LogP contribution in [0.2, 0.25) is 0 Å². The number of rotatable bonds is 5. The minimum atomic E-state index is -4.34. The molecule has 2 aromatic carbocycles. The van der Waals surface area contributed by atoms with Crippen LogP contribution in [0.3, 0.4) is 0 Å². The number of aromatic nitrogens is 3. The predicted octanol–water partition coefficient (Wildman–Crippen LogP) is 4.40. The molecule has 0 bridgehead atoms. The second-order valence-corrected chi connectivity index (χ2v) is 7.89. The summed E-state index contributed by atoms with van der Waals surface area (Å²) >= 11 is 1.38. The Morgan fingerprint density at radius 3 is 2.55 bits per heavy atom. The summed E-state index contributed by atoms with van der Waals surface area (Å²) in [4.78, 5) is 5.36. The molecule has 0 unspecified atom stereocenters. The van der Waals surface area contributed by atoms with Crippen LogP contribution in [0, 0.1) is 0 Å². The Morgan fingerprint density at radius 2 is 1.83 bits per heavy atom. The fourth-order valence-electron chi connectivity index (χ4n) is 3.27. The number of hydrogen-bond acceptors (Lipinski definition) is 5. The average Bonchev–Trinajstić information content (AvgIpc) is 3.26. The number of aromatic amines is 1. The lowest BCUT2D eigenvalue weighted by atomic mass is 10.00. The lowest BCUT2D eigenvalue weighted by Crippen LogP contribution is -2.26. The maximum Gasteiger partial charge on any atom is 0.416 e. The van der Waals surface area contributed by atoms with Crippen molar-refractivity contribution in [3.63, 3.8) is 0 Å². The molecule has 5 nitrogen and oxygen atoms in total. The number of hydrogen-bond donors (Lipinski definition) is 3. The van der Waals surface area contributed by atoms with Crippen LogP contribution in [0.25, 0.3) is 21.3 Å². The number of benzene rings is 2. The van der Waals surface area contributed by atoms with Gasteiger partial charge in [0.25, 0.3) is 0 Å². The Hall–Kier alpha value is -2.91. The molecule has 1 atom stereocenters. The van der Waals surface area contributed by atoms with E-state index >= 15 is 0 Å². The number of nitrogens with two attached hydrogens (primary N) is 2. The first-order chi connectivity index (χ1) is 13.8. The zero-order valence-electron chi connectivity index (χ0n) is 15.2. The number of thiazole rings is 1. The van der Waals surface area contributed by atoms with Crippen molar-refractivity contribution in [1.29, 1.82) is 0 Å². The van der Waals surface area contributed by atoms with E-state index in [1.807, 2.05) is 18.2 Å². The quantitative estimate of drug-likeness (QED) is 0.449. The summed E-state index contributed by atoms with van der Waals surface area (Å²) in [6.45, 7) is 0. The van der Waals surface area contributed by atoms with Crippen LogP contribution < -0.4 is 11.5 Å². The van der Waals surface area contributed by atoms with E-state index in [1.54, 1.807) is 6.20 Å². The SMILES string of the molecule is Nc1nc(C[C@@H](N)Cc2ccc(C(F)(F)F)cc2)c(-c2ccc3cn[nH]c3c2)s1. The molecule has 4 aromatic rings. The summed E-state index contributed by atoms with van der Waals surface area (Å²) in [5.41, 5.74) is 14.9. The number of anilines is 1. The Morgan fingerprint density at radius 1 is 1.07 bits per heavy atom. The monoisotopic (exact) mass is 417 g/mol. The van der Waals surface area contributed by atoms with Gasteiger partial charge in [-0.15, -0.1) is 0 Å². The van der Waals surface area contributed by atoms with E-state index in [2.05, 4.69) is 15.2 Å². The van der Waals surface area contributed by atoms with E-state index < -0.39 is 11.7 Å². The van der Waals surface area contributed by atoms with E-state index in [4.69, 9.17) is 11.5 Å². The van der Waals surface area contributed by atoms with Crippen molar-refractivity contribution in [1.82, 2.24) is 15.2 Å². The molecule has 0 spiro atoms. The summed E-state index contributed by atoms with van der Waals surface area (Å²) in [6.07, 6.45) is -1.69. The van der Waals surface area contributed by atoms with Gasteiger partial charge in [-0.05, 0) is 35.7 Å². The molecule has 2 heterocycles. The number of fused-ring (bicyclic) bond motifs is 1. The minimum Gasteiger partial charge on any atom is -0.375 e. The highest BCUT2D eigenvalue weighted by Gasteiger charge is 2.30. The van der Waals surface area contributed by atoms with E-state index in [0.717, 1.165) is 44.7 Å². The molecule has 5 N–H and O–H groups in total. The molecular weight excluding hydrogens is 399 g/mol. The van der Waals surface area contributed by atoms with E-state index in [-0.39, 0.29) is 6.04 Å². The van der Waals surface area contributed by atoms with Gasteiger partial charge in [-0.2, -0.15) is 18.3 Å². The van der Waals surface area contributed by atoms with Crippen molar-refractivity contribution >= 4 is 27.4 Å². The highest BCUT2D eigenvalue weighted by Crippen LogP contribution is 2.34. The Kier molecular flexibility index (Phi) is 5.01. The molecule has 0 aliphatic heterocycles. The first-order valence-corrected chi connectivity index (χ1v) is 9.71. The summed E-state index contributed by atoms with van der Waals surface area (Å²) in [5.74, 6) is 0.